The summed E-state index contributed by atoms with van der Waals surface area (Å²) in [6.45, 7) is 0. The van der Waals surface area contributed by atoms with E-state index in [0.29, 0.717) is 20.8 Å². The zero-order valence-electron chi connectivity index (χ0n) is 14.3. The molecular formula is C17H15Cl2N7OS. The number of para-hydroxylation sites is 1. The van der Waals surface area contributed by atoms with Gasteiger partial charge < -0.3 is 11.2 Å². The van der Waals surface area contributed by atoms with Crippen LogP contribution in [-0.2, 0) is 4.79 Å². The number of aromatic nitrogens is 3. The van der Waals surface area contributed by atoms with E-state index in [0.717, 1.165) is 17.4 Å². The van der Waals surface area contributed by atoms with Crippen molar-refractivity contribution in [1.82, 2.24) is 14.9 Å². The van der Waals surface area contributed by atoms with Gasteiger partial charge in [0.1, 0.15) is 0 Å². The van der Waals surface area contributed by atoms with Crippen LogP contribution in [0.3, 0.4) is 0 Å². The Morgan fingerprint density at radius 3 is 2.75 bits per heavy atom. The van der Waals surface area contributed by atoms with Crippen LogP contribution < -0.4 is 16.6 Å². The molecule has 0 bridgehead atoms. The first-order valence-electron chi connectivity index (χ1n) is 7.95. The Bertz CT molecular complexity index is 994. The van der Waals surface area contributed by atoms with Crippen molar-refractivity contribution in [3.8, 4) is 0 Å². The number of rotatable bonds is 7. The van der Waals surface area contributed by atoms with Gasteiger partial charge in [-0.25, -0.2) is 10.1 Å². The van der Waals surface area contributed by atoms with Crippen molar-refractivity contribution in [2.45, 2.75) is 5.16 Å². The Kier molecular flexibility index (Phi) is 6.75. The highest BCUT2D eigenvalue weighted by Crippen LogP contribution is 2.20. The number of benzene rings is 2. The lowest BCUT2D eigenvalue weighted by Gasteiger charge is -2.05. The molecule has 0 aliphatic carbocycles. The van der Waals surface area contributed by atoms with Gasteiger partial charge in [0, 0.05) is 16.3 Å². The fourth-order valence-corrected chi connectivity index (χ4v) is 3.18. The number of carbonyl (C=O) groups is 1. The van der Waals surface area contributed by atoms with Gasteiger partial charge in [0.15, 0.2) is 0 Å². The molecule has 3 aromatic rings. The summed E-state index contributed by atoms with van der Waals surface area (Å²) in [5, 5.41) is 16.0. The van der Waals surface area contributed by atoms with Gasteiger partial charge in [0.05, 0.1) is 17.0 Å². The summed E-state index contributed by atoms with van der Waals surface area (Å²) >= 11 is 13.1. The van der Waals surface area contributed by atoms with E-state index < -0.39 is 0 Å². The molecule has 8 nitrogen and oxygen atoms in total. The largest absolute Gasteiger partial charge is 0.334 e. The molecule has 2 aromatic carbocycles. The second kappa shape index (κ2) is 9.45. The number of carbonyl (C=O) groups excluding carboxylic acids is 1. The van der Waals surface area contributed by atoms with Gasteiger partial charge in [0.25, 0.3) is 5.95 Å². The number of nitrogens with zero attached hydrogens (tertiary/aromatic N) is 4. The molecule has 0 saturated heterocycles. The van der Waals surface area contributed by atoms with E-state index >= 15 is 0 Å². The number of nitrogen functional groups attached to an aromatic ring is 1. The number of hydrogen-bond donors (Lipinski definition) is 3. The lowest BCUT2D eigenvalue weighted by Crippen LogP contribution is -2.16. The molecule has 0 aliphatic heterocycles. The van der Waals surface area contributed by atoms with Crippen LogP contribution >= 0.6 is 35.0 Å². The van der Waals surface area contributed by atoms with Crippen LogP contribution in [0.2, 0.25) is 10.0 Å². The smallest absolute Gasteiger partial charge is 0.264 e. The fourth-order valence-electron chi connectivity index (χ4n) is 2.07. The predicted octanol–water partition coefficient (Wildman–Crippen LogP) is 3.48. The molecule has 1 amide bonds. The van der Waals surface area contributed by atoms with Gasteiger partial charge >= 0.3 is 0 Å². The summed E-state index contributed by atoms with van der Waals surface area (Å²) in [5.41, 5.74) is 4.08. The van der Waals surface area contributed by atoms with Crippen LogP contribution in [0.25, 0.3) is 0 Å². The minimum atomic E-state index is -0.177. The van der Waals surface area contributed by atoms with E-state index in [1.165, 1.54) is 10.9 Å². The van der Waals surface area contributed by atoms with Crippen LogP contribution in [0, 0.1) is 0 Å². The number of hydrazone groups is 1. The predicted molar refractivity (Wildman–Crippen MR) is 114 cm³/mol. The van der Waals surface area contributed by atoms with Crippen molar-refractivity contribution >= 4 is 58.7 Å². The number of amides is 1. The Morgan fingerprint density at radius 2 is 2.00 bits per heavy atom. The monoisotopic (exact) mass is 435 g/mol. The zero-order valence-corrected chi connectivity index (χ0v) is 16.7. The maximum absolute atomic E-state index is 12.0. The Labute approximate surface area is 175 Å². The summed E-state index contributed by atoms with van der Waals surface area (Å²) in [6, 6.07) is 14.2. The van der Waals surface area contributed by atoms with Crippen LogP contribution in [0.4, 0.5) is 11.6 Å². The average molecular weight is 436 g/mol. The Morgan fingerprint density at radius 1 is 1.21 bits per heavy atom. The van der Waals surface area contributed by atoms with Crippen molar-refractivity contribution in [2.75, 3.05) is 22.3 Å². The molecule has 144 valence electrons. The second-order valence-electron chi connectivity index (χ2n) is 5.41. The number of hydrogen-bond acceptors (Lipinski definition) is 7. The first-order chi connectivity index (χ1) is 13.5. The third kappa shape index (κ3) is 5.38. The highest BCUT2D eigenvalue weighted by molar-refractivity contribution is 7.99. The first kappa shape index (κ1) is 20.0. The third-order valence-corrected chi connectivity index (χ3v) is 4.89. The maximum Gasteiger partial charge on any atom is 0.264 e. The topological polar surface area (TPSA) is 110 Å². The van der Waals surface area contributed by atoms with Gasteiger partial charge in [-0.15, -0.1) is 10.2 Å². The normalized spacial score (nSPS) is 10.9. The standard InChI is InChI=1S/C17H15Cl2N7OS/c18-12-7-6-11(14(19)8-12)9-21-23-16-24-25-17(26(16)20)28-10-15(27)22-13-4-2-1-3-5-13/h1-9H,10,20H2,(H,22,27)(H,23,24)/b21-9+. The van der Waals surface area contributed by atoms with Crippen molar-refractivity contribution < 1.29 is 4.79 Å². The lowest BCUT2D eigenvalue weighted by atomic mass is 10.2. The number of nitrogens with two attached hydrogens (primary N) is 1. The summed E-state index contributed by atoms with van der Waals surface area (Å²) < 4.78 is 1.21. The summed E-state index contributed by atoms with van der Waals surface area (Å²) in [4.78, 5) is 12.0. The molecular weight excluding hydrogens is 421 g/mol. The Hall–Kier alpha value is -2.75. The van der Waals surface area contributed by atoms with E-state index in [9.17, 15) is 4.79 Å². The van der Waals surface area contributed by atoms with E-state index in [-0.39, 0.29) is 17.6 Å². The minimum Gasteiger partial charge on any atom is -0.334 e. The molecule has 0 radical (unpaired) electrons. The molecule has 0 spiro atoms. The fraction of sp³-hybridized carbons (Fsp3) is 0.0588. The van der Waals surface area contributed by atoms with Crippen LogP contribution in [-0.4, -0.2) is 32.7 Å². The maximum atomic E-state index is 12.0. The Balaban J connectivity index is 1.54. The van der Waals surface area contributed by atoms with Crippen molar-refractivity contribution in [3.05, 3.63) is 64.1 Å². The van der Waals surface area contributed by atoms with Gasteiger partial charge in [-0.3, -0.25) is 4.79 Å². The van der Waals surface area contributed by atoms with Crippen molar-refractivity contribution in [3.63, 3.8) is 0 Å². The molecule has 11 heteroatoms. The van der Waals surface area contributed by atoms with Crippen LogP contribution in [0.15, 0.2) is 58.8 Å². The molecule has 28 heavy (non-hydrogen) atoms. The summed E-state index contributed by atoms with van der Waals surface area (Å²) in [6.07, 6.45) is 1.51. The molecule has 0 fully saturated rings. The number of anilines is 2. The van der Waals surface area contributed by atoms with Gasteiger partial charge in [-0.1, -0.05) is 59.2 Å². The van der Waals surface area contributed by atoms with Gasteiger partial charge in [-0.2, -0.15) is 5.10 Å². The zero-order chi connectivity index (χ0) is 19.9. The molecule has 0 unspecified atom stereocenters. The van der Waals surface area contributed by atoms with E-state index in [2.05, 4.69) is 26.0 Å². The second-order valence-corrected chi connectivity index (χ2v) is 7.20. The van der Waals surface area contributed by atoms with Gasteiger partial charge in [-0.05, 0) is 24.3 Å². The first-order valence-corrected chi connectivity index (χ1v) is 9.69. The molecule has 0 saturated carbocycles. The summed E-state index contributed by atoms with van der Waals surface area (Å²) in [7, 11) is 0. The molecule has 0 aliphatic rings. The molecule has 3 rings (SSSR count). The van der Waals surface area contributed by atoms with E-state index in [1.807, 2.05) is 18.2 Å². The van der Waals surface area contributed by atoms with Gasteiger partial charge in [0.2, 0.25) is 11.1 Å². The molecule has 4 N–H and O–H groups in total. The van der Waals surface area contributed by atoms with E-state index in [1.54, 1.807) is 30.3 Å². The van der Waals surface area contributed by atoms with Crippen molar-refractivity contribution in [1.29, 1.82) is 0 Å². The minimum absolute atomic E-state index is 0.133. The molecule has 1 heterocycles. The van der Waals surface area contributed by atoms with Crippen molar-refractivity contribution in [2.24, 2.45) is 5.10 Å². The molecule has 0 atom stereocenters. The van der Waals surface area contributed by atoms with Crippen LogP contribution in [0.1, 0.15) is 5.56 Å². The highest BCUT2D eigenvalue weighted by atomic mass is 35.5. The highest BCUT2D eigenvalue weighted by Gasteiger charge is 2.12. The third-order valence-electron chi connectivity index (χ3n) is 3.39. The lowest BCUT2D eigenvalue weighted by molar-refractivity contribution is -0.113. The summed E-state index contributed by atoms with van der Waals surface area (Å²) in [5.74, 6) is 6.10. The quantitative estimate of drug-likeness (QED) is 0.226. The van der Waals surface area contributed by atoms with E-state index in [4.69, 9.17) is 29.0 Å². The molecule has 1 aromatic heterocycles. The van der Waals surface area contributed by atoms with Crippen LogP contribution in [0.5, 0.6) is 0 Å². The number of thioether (sulfide) groups is 1. The number of nitrogens with one attached hydrogen (secondary N) is 2. The SMILES string of the molecule is Nn1c(N/N=C/c2ccc(Cl)cc2Cl)nnc1SCC(=O)Nc1ccccc1. The number of halogens is 2. The average Bonchev–Trinajstić information content (AvgIpc) is 3.02.